The molecule has 1 aliphatic heterocycles. The number of carbonyl (C=O) groups is 2. The molecule has 0 aliphatic carbocycles. The van der Waals surface area contributed by atoms with E-state index in [1.165, 1.54) is 0 Å². The van der Waals surface area contributed by atoms with E-state index in [0.29, 0.717) is 19.7 Å². The Kier molecular flexibility index (Phi) is 3.69. The van der Waals surface area contributed by atoms with E-state index >= 15 is 0 Å². The summed E-state index contributed by atoms with van der Waals surface area (Å²) in [5, 5.41) is 2.87. The largest absolute Gasteiger partial charge is 0.448 e. The summed E-state index contributed by atoms with van der Waals surface area (Å²) >= 11 is 0. The predicted octanol–water partition coefficient (Wildman–Crippen LogP) is 1.38. The van der Waals surface area contributed by atoms with Crippen molar-refractivity contribution in [1.29, 1.82) is 0 Å². The Hall–Kier alpha value is -1.26. The molecule has 0 atom stereocenters. The lowest BCUT2D eigenvalue weighted by atomic mass is 9.94. The van der Waals surface area contributed by atoms with Gasteiger partial charge in [-0.25, -0.2) is 4.79 Å². The van der Waals surface area contributed by atoms with Crippen LogP contribution in [0.15, 0.2) is 0 Å². The lowest BCUT2D eigenvalue weighted by molar-refractivity contribution is -0.129. The van der Waals surface area contributed by atoms with E-state index < -0.39 is 11.0 Å². The average Bonchev–Trinajstić information content (AvgIpc) is 2.60. The average molecular weight is 242 g/mol. The summed E-state index contributed by atoms with van der Waals surface area (Å²) in [6.45, 7) is 10.9. The van der Waals surface area contributed by atoms with Crippen molar-refractivity contribution in [3.63, 3.8) is 0 Å². The lowest BCUT2D eigenvalue weighted by Gasteiger charge is -2.34. The topological polar surface area (TPSA) is 58.6 Å². The monoisotopic (exact) mass is 242 g/mol. The summed E-state index contributed by atoms with van der Waals surface area (Å²) in [5.74, 6) is -0.0156. The molecule has 0 aromatic rings. The van der Waals surface area contributed by atoms with Gasteiger partial charge < -0.3 is 10.1 Å². The molecule has 2 amide bonds. The van der Waals surface area contributed by atoms with Crippen LogP contribution in [0.3, 0.4) is 0 Å². The van der Waals surface area contributed by atoms with Gasteiger partial charge in [-0.05, 0) is 13.8 Å². The van der Waals surface area contributed by atoms with Crippen LogP contribution in [-0.2, 0) is 9.53 Å². The van der Waals surface area contributed by atoms with Crippen LogP contribution in [0.25, 0.3) is 0 Å². The molecule has 1 rings (SSSR count). The predicted molar refractivity (Wildman–Crippen MR) is 64.6 cm³/mol. The van der Waals surface area contributed by atoms with Crippen LogP contribution in [-0.4, -0.2) is 42.1 Å². The van der Waals surface area contributed by atoms with Crippen molar-refractivity contribution < 1.29 is 14.3 Å². The zero-order chi connectivity index (χ0) is 13.3. The normalized spacial score (nSPS) is 17.0. The molecule has 0 bridgehead atoms. The van der Waals surface area contributed by atoms with Gasteiger partial charge in [0.1, 0.15) is 6.61 Å². The van der Waals surface area contributed by atoms with Gasteiger partial charge in [0.25, 0.3) is 0 Å². The molecule has 0 spiro atoms. The molecule has 0 radical (unpaired) electrons. The van der Waals surface area contributed by atoms with E-state index in [1.54, 1.807) is 4.90 Å². The minimum absolute atomic E-state index is 0.0156. The number of ether oxygens (including phenoxy) is 1. The van der Waals surface area contributed by atoms with Gasteiger partial charge in [0.2, 0.25) is 5.91 Å². The molecule has 5 nitrogen and oxygen atoms in total. The molecule has 0 unspecified atom stereocenters. The fraction of sp³-hybridized carbons (Fsp3) is 0.833. The second kappa shape index (κ2) is 4.55. The molecule has 1 saturated heterocycles. The maximum absolute atomic E-state index is 11.8. The van der Waals surface area contributed by atoms with E-state index in [4.69, 9.17) is 4.74 Å². The number of nitrogens with one attached hydrogen (secondary N) is 1. The first-order valence-corrected chi connectivity index (χ1v) is 5.87. The Morgan fingerprint density at radius 1 is 1.35 bits per heavy atom. The molecule has 0 aromatic carbocycles. The van der Waals surface area contributed by atoms with E-state index in [-0.39, 0.29) is 12.0 Å². The van der Waals surface area contributed by atoms with Crippen LogP contribution < -0.4 is 5.32 Å². The number of nitrogens with zero attached hydrogens (tertiary/aromatic N) is 1. The first kappa shape index (κ1) is 13.8. The molecule has 5 heteroatoms. The highest BCUT2D eigenvalue weighted by atomic mass is 16.6. The maximum atomic E-state index is 11.8. The number of cyclic esters (lactones) is 1. The van der Waals surface area contributed by atoms with Gasteiger partial charge >= 0.3 is 6.09 Å². The Balaban J connectivity index is 2.55. The maximum Gasteiger partial charge on any atom is 0.410 e. The van der Waals surface area contributed by atoms with Crippen LogP contribution in [0.1, 0.15) is 34.6 Å². The third-order valence-electron chi connectivity index (χ3n) is 2.85. The minimum Gasteiger partial charge on any atom is -0.448 e. The van der Waals surface area contributed by atoms with Gasteiger partial charge in [-0.15, -0.1) is 0 Å². The van der Waals surface area contributed by atoms with Crippen molar-refractivity contribution >= 4 is 12.0 Å². The summed E-state index contributed by atoms with van der Waals surface area (Å²) in [7, 11) is 0. The van der Waals surface area contributed by atoms with Crippen molar-refractivity contribution in [3.05, 3.63) is 0 Å². The van der Waals surface area contributed by atoms with Crippen LogP contribution in [0.2, 0.25) is 0 Å². The zero-order valence-electron chi connectivity index (χ0n) is 11.3. The van der Waals surface area contributed by atoms with E-state index in [0.717, 1.165) is 0 Å². The van der Waals surface area contributed by atoms with Crippen LogP contribution >= 0.6 is 0 Å². The quantitative estimate of drug-likeness (QED) is 0.813. The van der Waals surface area contributed by atoms with Gasteiger partial charge in [-0.1, -0.05) is 20.8 Å². The van der Waals surface area contributed by atoms with Gasteiger partial charge in [0, 0.05) is 12.0 Å². The standard InChI is InChI=1S/C12H22N2O3/c1-11(2,3)9(15)13-8-12(4,5)14-6-7-17-10(14)16/h6-8H2,1-5H3,(H,13,15). The molecule has 98 valence electrons. The summed E-state index contributed by atoms with van der Waals surface area (Å²) < 4.78 is 4.90. The van der Waals surface area contributed by atoms with Crippen molar-refractivity contribution in [3.8, 4) is 0 Å². The zero-order valence-corrected chi connectivity index (χ0v) is 11.3. The van der Waals surface area contributed by atoms with Gasteiger partial charge in [0.05, 0.1) is 12.1 Å². The number of hydrogen-bond acceptors (Lipinski definition) is 3. The Morgan fingerprint density at radius 3 is 2.35 bits per heavy atom. The van der Waals surface area contributed by atoms with Crippen LogP contribution in [0, 0.1) is 5.41 Å². The molecular formula is C12H22N2O3. The van der Waals surface area contributed by atoms with E-state index in [1.807, 2.05) is 34.6 Å². The number of hydrogen-bond donors (Lipinski definition) is 1. The number of amides is 2. The second-order valence-corrected chi connectivity index (χ2v) is 6.01. The minimum atomic E-state index is -0.422. The van der Waals surface area contributed by atoms with Gasteiger partial charge in [0.15, 0.2) is 0 Å². The molecule has 1 aliphatic rings. The fourth-order valence-corrected chi connectivity index (χ4v) is 1.60. The van der Waals surface area contributed by atoms with Gasteiger partial charge in [-0.3, -0.25) is 9.69 Å². The summed E-state index contributed by atoms with van der Waals surface area (Å²) in [6.07, 6.45) is -0.306. The highest BCUT2D eigenvalue weighted by Crippen LogP contribution is 2.19. The Bertz CT molecular complexity index is 318. The van der Waals surface area contributed by atoms with Gasteiger partial charge in [-0.2, -0.15) is 0 Å². The fourth-order valence-electron chi connectivity index (χ4n) is 1.60. The number of rotatable bonds is 3. The third-order valence-corrected chi connectivity index (χ3v) is 2.85. The summed E-state index contributed by atoms with van der Waals surface area (Å²) in [5.41, 5.74) is -0.837. The highest BCUT2D eigenvalue weighted by molar-refractivity contribution is 5.81. The molecular weight excluding hydrogens is 220 g/mol. The molecule has 17 heavy (non-hydrogen) atoms. The Morgan fingerprint density at radius 2 is 1.94 bits per heavy atom. The van der Waals surface area contributed by atoms with Crippen molar-refractivity contribution in [1.82, 2.24) is 10.2 Å². The molecule has 0 aromatic heterocycles. The summed E-state index contributed by atoms with van der Waals surface area (Å²) in [4.78, 5) is 24.9. The lowest BCUT2D eigenvalue weighted by Crippen LogP contribution is -2.53. The van der Waals surface area contributed by atoms with E-state index in [2.05, 4.69) is 5.32 Å². The summed E-state index contributed by atoms with van der Waals surface area (Å²) in [6, 6.07) is 0. The molecule has 0 saturated carbocycles. The smallest absolute Gasteiger partial charge is 0.410 e. The second-order valence-electron chi connectivity index (χ2n) is 6.01. The Labute approximate surface area is 102 Å². The van der Waals surface area contributed by atoms with Crippen LogP contribution in [0.5, 0.6) is 0 Å². The molecule has 1 heterocycles. The van der Waals surface area contributed by atoms with Crippen LogP contribution in [0.4, 0.5) is 4.79 Å². The van der Waals surface area contributed by atoms with Crippen molar-refractivity contribution in [2.24, 2.45) is 5.41 Å². The molecule has 1 fully saturated rings. The molecule has 1 N–H and O–H groups in total. The SMILES string of the molecule is CC(C)(C)C(=O)NCC(C)(C)N1CCOC1=O. The third kappa shape index (κ3) is 3.35. The van der Waals surface area contributed by atoms with E-state index in [9.17, 15) is 9.59 Å². The van der Waals surface area contributed by atoms with Crippen molar-refractivity contribution in [2.75, 3.05) is 19.7 Å². The number of carbonyl (C=O) groups excluding carboxylic acids is 2. The first-order valence-electron chi connectivity index (χ1n) is 5.87. The van der Waals surface area contributed by atoms with Crippen molar-refractivity contribution in [2.45, 2.75) is 40.2 Å². The first-order chi connectivity index (χ1) is 7.64. The highest BCUT2D eigenvalue weighted by Gasteiger charge is 2.36.